The Morgan fingerprint density at radius 1 is 1.31 bits per heavy atom. The van der Waals surface area contributed by atoms with Crippen LogP contribution in [0.4, 0.5) is 5.00 Å². The van der Waals surface area contributed by atoms with Gasteiger partial charge in [-0.15, -0.1) is 11.3 Å². The highest BCUT2D eigenvalue weighted by molar-refractivity contribution is 7.19. The molecule has 4 nitrogen and oxygen atoms in total. The number of fused-ring (bicyclic) bond motifs is 1. The Hall–Kier alpha value is -1.88. The average Bonchev–Trinajstić information content (AvgIpc) is 2.84. The standard InChI is InChI=1S/C11H10N4S/c1-15-8-4-5-13-6-7(8)14-11(15)9-2-3-10(12)16-9/h2-6H,12H2,1H3. The van der Waals surface area contributed by atoms with Gasteiger partial charge in [0.25, 0.3) is 0 Å². The fourth-order valence-corrected chi connectivity index (χ4v) is 2.55. The number of pyridine rings is 1. The molecule has 3 rings (SSSR count). The largest absolute Gasteiger partial charge is 0.391 e. The Balaban J connectivity index is 2.28. The summed E-state index contributed by atoms with van der Waals surface area (Å²) in [6, 6.07) is 5.86. The highest BCUT2D eigenvalue weighted by Crippen LogP contribution is 2.30. The summed E-state index contributed by atoms with van der Waals surface area (Å²) in [4.78, 5) is 9.70. The minimum absolute atomic E-state index is 0.806. The predicted molar refractivity (Wildman–Crippen MR) is 66.2 cm³/mol. The molecule has 0 amide bonds. The lowest BCUT2D eigenvalue weighted by Crippen LogP contribution is -1.90. The topological polar surface area (TPSA) is 56.7 Å². The van der Waals surface area contributed by atoms with Crippen LogP contribution in [-0.2, 0) is 7.05 Å². The van der Waals surface area contributed by atoms with Gasteiger partial charge < -0.3 is 10.3 Å². The van der Waals surface area contributed by atoms with Crippen molar-refractivity contribution in [1.29, 1.82) is 0 Å². The predicted octanol–water partition coefficient (Wildman–Crippen LogP) is 2.28. The maximum Gasteiger partial charge on any atom is 0.151 e. The van der Waals surface area contributed by atoms with Crippen molar-refractivity contribution in [3.8, 4) is 10.7 Å². The zero-order chi connectivity index (χ0) is 11.1. The number of imidazole rings is 1. The number of thiophene rings is 1. The van der Waals surface area contributed by atoms with Crippen molar-refractivity contribution in [2.75, 3.05) is 5.73 Å². The van der Waals surface area contributed by atoms with Gasteiger partial charge in [0.15, 0.2) is 5.82 Å². The van der Waals surface area contributed by atoms with Crippen LogP contribution in [0.15, 0.2) is 30.6 Å². The molecule has 0 aromatic carbocycles. The molecule has 0 spiro atoms. The third-order valence-corrected chi connectivity index (χ3v) is 3.44. The minimum atomic E-state index is 0.806. The van der Waals surface area contributed by atoms with Crippen molar-refractivity contribution < 1.29 is 0 Å². The number of aryl methyl sites for hydroxylation is 1. The van der Waals surface area contributed by atoms with Gasteiger partial charge in [0.1, 0.15) is 5.52 Å². The second kappa shape index (κ2) is 3.31. The van der Waals surface area contributed by atoms with Gasteiger partial charge in [-0.3, -0.25) is 4.98 Å². The van der Waals surface area contributed by atoms with Crippen molar-refractivity contribution in [3.05, 3.63) is 30.6 Å². The van der Waals surface area contributed by atoms with Crippen LogP contribution in [0.3, 0.4) is 0 Å². The van der Waals surface area contributed by atoms with Crippen LogP contribution in [0.5, 0.6) is 0 Å². The lowest BCUT2D eigenvalue weighted by Gasteiger charge is -1.98. The van der Waals surface area contributed by atoms with Crippen LogP contribution >= 0.6 is 11.3 Å². The van der Waals surface area contributed by atoms with Crippen molar-refractivity contribution in [2.45, 2.75) is 0 Å². The monoisotopic (exact) mass is 230 g/mol. The third kappa shape index (κ3) is 1.29. The molecule has 0 radical (unpaired) electrons. The smallest absolute Gasteiger partial charge is 0.151 e. The third-order valence-electron chi connectivity index (χ3n) is 2.53. The van der Waals surface area contributed by atoms with E-state index < -0.39 is 0 Å². The number of hydrogen-bond acceptors (Lipinski definition) is 4. The molecule has 0 atom stereocenters. The summed E-state index contributed by atoms with van der Waals surface area (Å²) in [6.45, 7) is 0. The Labute approximate surface area is 96.4 Å². The molecule has 16 heavy (non-hydrogen) atoms. The first-order valence-corrected chi connectivity index (χ1v) is 5.69. The van der Waals surface area contributed by atoms with E-state index in [0.29, 0.717) is 0 Å². The van der Waals surface area contributed by atoms with Crippen molar-refractivity contribution in [2.24, 2.45) is 7.05 Å². The number of nitrogen functional groups attached to an aromatic ring is 1. The van der Waals surface area contributed by atoms with Crippen molar-refractivity contribution in [3.63, 3.8) is 0 Å². The molecule has 3 aromatic rings. The number of nitrogens with two attached hydrogens (primary N) is 1. The zero-order valence-electron chi connectivity index (χ0n) is 8.71. The van der Waals surface area contributed by atoms with Crippen LogP contribution < -0.4 is 5.73 Å². The summed E-state index contributed by atoms with van der Waals surface area (Å²) in [5.41, 5.74) is 7.72. The number of aromatic nitrogens is 3. The first-order chi connectivity index (χ1) is 7.75. The molecule has 0 aliphatic carbocycles. The fraction of sp³-hybridized carbons (Fsp3) is 0.0909. The summed E-state index contributed by atoms with van der Waals surface area (Å²) in [6.07, 6.45) is 3.55. The Bertz CT molecular complexity index is 653. The number of hydrogen-bond donors (Lipinski definition) is 1. The highest BCUT2D eigenvalue weighted by Gasteiger charge is 2.10. The molecule has 0 unspecified atom stereocenters. The van der Waals surface area contributed by atoms with E-state index in [1.807, 2.05) is 25.2 Å². The first-order valence-electron chi connectivity index (χ1n) is 4.88. The van der Waals surface area contributed by atoms with E-state index in [4.69, 9.17) is 5.73 Å². The van der Waals surface area contributed by atoms with Gasteiger partial charge in [0, 0.05) is 13.2 Å². The molecule has 0 aliphatic heterocycles. The van der Waals surface area contributed by atoms with Gasteiger partial charge in [-0.2, -0.15) is 0 Å². The van der Waals surface area contributed by atoms with Crippen molar-refractivity contribution >= 4 is 27.4 Å². The minimum Gasteiger partial charge on any atom is -0.391 e. The molecule has 0 saturated heterocycles. The lowest BCUT2D eigenvalue weighted by atomic mass is 10.4. The van der Waals surface area contributed by atoms with Crippen LogP contribution in [-0.4, -0.2) is 14.5 Å². The van der Waals surface area contributed by atoms with Gasteiger partial charge in [-0.1, -0.05) is 0 Å². The molecular formula is C11H10N4S. The lowest BCUT2D eigenvalue weighted by molar-refractivity contribution is 0.962. The molecule has 0 saturated carbocycles. The maximum absolute atomic E-state index is 5.73. The second-order valence-corrected chi connectivity index (χ2v) is 4.68. The first kappa shape index (κ1) is 9.35. The molecule has 0 fully saturated rings. The van der Waals surface area contributed by atoms with Gasteiger partial charge in [-0.05, 0) is 18.2 Å². The van der Waals surface area contributed by atoms with E-state index in [0.717, 1.165) is 26.7 Å². The summed E-state index contributed by atoms with van der Waals surface area (Å²) in [5, 5.41) is 0.806. The number of anilines is 1. The summed E-state index contributed by atoms with van der Waals surface area (Å²) >= 11 is 1.54. The SMILES string of the molecule is Cn1c(-c2ccc(N)s2)nc2cnccc21. The van der Waals surface area contributed by atoms with Gasteiger partial charge >= 0.3 is 0 Å². The average molecular weight is 230 g/mol. The molecule has 0 bridgehead atoms. The van der Waals surface area contributed by atoms with E-state index in [1.54, 1.807) is 23.7 Å². The normalized spacial score (nSPS) is 11.1. The van der Waals surface area contributed by atoms with Crippen LogP contribution in [0.2, 0.25) is 0 Å². The summed E-state index contributed by atoms with van der Waals surface area (Å²) in [7, 11) is 2.00. The molecule has 3 heterocycles. The Morgan fingerprint density at radius 2 is 2.19 bits per heavy atom. The summed E-state index contributed by atoms with van der Waals surface area (Å²) < 4.78 is 2.06. The maximum atomic E-state index is 5.73. The van der Waals surface area contributed by atoms with E-state index in [9.17, 15) is 0 Å². The Kier molecular flexibility index (Phi) is 1.94. The van der Waals surface area contributed by atoms with E-state index in [-0.39, 0.29) is 0 Å². The Morgan fingerprint density at radius 3 is 2.88 bits per heavy atom. The van der Waals surface area contributed by atoms with Crippen LogP contribution in [0.25, 0.3) is 21.7 Å². The molecule has 80 valence electrons. The second-order valence-electron chi connectivity index (χ2n) is 3.56. The fourth-order valence-electron chi connectivity index (χ4n) is 1.75. The van der Waals surface area contributed by atoms with Crippen molar-refractivity contribution in [1.82, 2.24) is 14.5 Å². The number of nitrogens with zero attached hydrogens (tertiary/aromatic N) is 3. The van der Waals surface area contributed by atoms with Gasteiger partial charge in [0.2, 0.25) is 0 Å². The number of rotatable bonds is 1. The van der Waals surface area contributed by atoms with Crippen LogP contribution in [0, 0.1) is 0 Å². The van der Waals surface area contributed by atoms with Gasteiger partial charge in [0.05, 0.1) is 21.6 Å². The molecular weight excluding hydrogens is 220 g/mol. The summed E-state index contributed by atoms with van der Waals surface area (Å²) in [5.74, 6) is 0.935. The van der Waals surface area contributed by atoms with Gasteiger partial charge in [-0.25, -0.2) is 4.98 Å². The van der Waals surface area contributed by atoms with E-state index in [1.165, 1.54) is 0 Å². The quantitative estimate of drug-likeness (QED) is 0.697. The van der Waals surface area contributed by atoms with Crippen LogP contribution in [0.1, 0.15) is 0 Å². The molecule has 5 heteroatoms. The molecule has 0 aliphatic rings. The molecule has 2 N–H and O–H groups in total. The molecule has 3 aromatic heterocycles. The zero-order valence-corrected chi connectivity index (χ0v) is 9.53. The van der Waals surface area contributed by atoms with E-state index >= 15 is 0 Å². The van der Waals surface area contributed by atoms with E-state index in [2.05, 4.69) is 14.5 Å². The highest BCUT2D eigenvalue weighted by atomic mass is 32.1.